The Morgan fingerprint density at radius 1 is 1.14 bits per heavy atom. The van der Waals surface area contributed by atoms with E-state index in [1.807, 2.05) is 0 Å². The van der Waals surface area contributed by atoms with Crippen LogP contribution in [0.25, 0.3) is 0 Å². The third-order valence-electron chi connectivity index (χ3n) is 4.04. The van der Waals surface area contributed by atoms with Gasteiger partial charge in [0.2, 0.25) is 0 Å². The molecule has 0 saturated carbocycles. The molecule has 2 rings (SSSR count). The van der Waals surface area contributed by atoms with Crippen LogP contribution < -0.4 is 0 Å². The molecule has 0 N–H and O–H groups in total. The van der Waals surface area contributed by atoms with Gasteiger partial charge in [0, 0.05) is 24.2 Å². The van der Waals surface area contributed by atoms with Gasteiger partial charge in [-0.25, -0.2) is 0 Å². The first-order chi connectivity index (χ1) is 6.50. The van der Waals surface area contributed by atoms with Crippen LogP contribution in [0.5, 0.6) is 0 Å². The first kappa shape index (κ1) is 10.4. The number of hydrogen-bond acceptors (Lipinski definition) is 2. The number of hydrogen-bond donors (Lipinski definition) is 0. The molecule has 14 heavy (non-hydrogen) atoms. The summed E-state index contributed by atoms with van der Waals surface area (Å²) in [5, 5.41) is 0. The maximum atomic E-state index is 2.68. The number of rotatable bonds is 2. The third-order valence-corrected chi connectivity index (χ3v) is 4.04. The molecule has 0 spiro atoms. The summed E-state index contributed by atoms with van der Waals surface area (Å²) >= 11 is 0. The lowest BCUT2D eigenvalue weighted by atomic mass is 9.98. The van der Waals surface area contributed by atoms with Crippen LogP contribution in [0.1, 0.15) is 47.0 Å². The van der Waals surface area contributed by atoms with Crippen molar-refractivity contribution in [3.05, 3.63) is 0 Å². The fourth-order valence-corrected chi connectivity index (χ4v) is 2.62. The van der Waals surface area contributed by atoms with Crippen LogP contribution in [-0.2, 0) is 0 Å². The molecule has 0 aliphatic carbocycles. The minimum atomic E-state index is 0.483. The molecule has 2 nitrogen and oxygen atoms in total. The molecule has 2 heterocycles. The van der Waals surface area contributed by atoms with E-state index in [0.29, 0.717) is 5.54 Å². The van der Waals surface area contributed by atoms with Crippen molar-refractivity contribution in [3.8, 4) is 0 Å². The summed E-state index contributed by atoms with van der Waals surface area (Å²) in [5.41, 5.74) is 0.483. The van der Waals surface area contributed by atoms with Gasteiger partial charge in [0.25, 0.3) is 0 Å². The van der Waals surface area contributed by atoms with Crippen LogP contribution in [-0.4, -0.2) is 40.6 Å². The Bertz CT molecular complexity index is 202. The Morgan fingerprint density at radius 2 is 1.64 bits per heavy atom. The van der Waals surface area contributed by atoms with Crippen LogP contribution in [0.4, 0.5) is 0 Å². The molecule has 0 aromatic heterocycles. The quantitative estimate of drug-likeness (QED) is 0.625. The molecule has 0 amide bonds. The van der Waals surface area contributed by atoms with E-state index < -0.39 is 0 Å². The summed E-state index contributed by atoms with van der Waals surface area (Å²) in [7, 11) is 0. The fourth-order valence-electron chi connectivity index (χ4n) is 2.62. The van der Waals surface area contributed by atoms with E-state index in [1.54, 1.807) is 0 Å². The summed E-state index contributed by atoms with van der Waals surface area (Å²) in [6.45, 7) is 11.9. The van der Waals surface area contributed by atoms with Crippen molar-refractivity contribution >= 4 is 0 Å². The van der Waals surface area contributed by atoms with Gasteiger partial charge in [-0.2, -0.15) is 0 Å². The van der Waals surface area contributed by atoms with Crippen LogP contribution >= 0.6 is 0 Å². The second-order valence-electron chi connectivity index (χ2n) is 5.79. The van der Waals surface area contributed by atoms with Gasteiger partial charge in [0.15, 0.2) is 0 Å². The van der Waals surface area contributed by atoms with Crippen molar-refractivity contribution in [3.63, 3.8) is 0 Å². The van der Waals surface area contributed by atoms with Crippen LogP contribution in [0, 0.1) is 0 Å². The molecule has 2 fully saturated rings. The molecule has 0 aromatic carbocycles. The van der Waals surface area contributed by atoms with Gasteiger partial charge in [-0.3, -0.25) is 9.80 Å². The average Bonchev–Trinajstić information content (AvgIpc) is 2.67. The van der Waals surface area contributed by atoms with E-state index in [2.05, 4.69) is 37.5 Å². The Morgan fingerprint density at radius 3 is 2.07 bits per heavy atom. The smallest absolute Gasteiger partial charge is 0.0517 e. The van der Waals surface area contributed by atoms with E-state index >= 15 is 0 Å². The molecule has 2 aliphatic heterocycles. The summed E-state index contributed by atoms with van der Waals surface area (Å²) in [5.74, 6) is 0. The van der Waals surface area contributed by atoms with E-state index in [0.717, 1.165) is 12.1 Å². The molecule has 2 heteroatoms. The molecule has 82 valence electrons. The third kappa shape index (κ3) is 1.96. The lowest BCUT2D eigenvalue weighted by molar-refractivity contribution is 0.0660. The van der Waals surface area contributed by atoms with Gasteiger partial charge >= 0.3 is 0 Å². The van der Waals surface area contributed by atoms with Gasteiger partial charge < -0.3 is 0 Å². The van der Waals surface area contributed by atoms with Gasteiger partial charge in [0.1, 0.15) is 0 Å². The van der Waals surface area contributed by atoms with Crippen molar-refractivity contribution in [1.29, 1.82) is 0 Å². The zero-order valence-corrected chi connectivity index (χ0v) is 10.1. The standard InChI is InChI=1S/C12H24N2/c1-10-6-5-7-11(2)14(10)9-13-8-12(13,3)4/h10-11H,5-9H2,1-4H3. The van der Waals surface area contributed by atoms with E-state index in [-0.39, 0.29) is 0 Å². The Balaban J connectivity index is 1.89. The zero-order chi connectivity index (χ0) is 10.3. The van der Waals surface area contributed by atoms with Crippen molar-refractivity contribution in [2.45, 2.75) is 64.6 Å². The van der Waals surface area contributed by atoms with Crippen LogP contribution in [0.2, 0.25) is 0 Å². The molecule has 0 aromatic rings. The maximum absolute atomic E-state index is 2.68. The predicted octanol–water partition coefficient (Wildman–Crippen LogP) is 2.30. The maximum Gasteiger partial charge on any atom is 0.0517 e. The normalized spacial score (nSPS) is 42.4. The first-order valence-electron chi connectivity index (χ1n) is 6.01. The van der Waals surface area contributed by atoms with Crippen LogP contribution in [0.15, 0.2) is 0 Å². The second kappa shape index (κ2) is 3.49. The van der Waals surface area contributed by atoms with Gasteiger partial charge in [-0.15, -0.1) is 0 Å². The monoisotopic (exact) mass is 196 g/mol. The number of likely N-dealkylation sites (tertiary alicyclic amines) is 1. The topological polar surface area (TPSA) is 6.25 Å². The average molecular weight is 196 g/mol. The fraction of sp³-hybridized carbons (Fsp3) is 1.00. The van der Waals surface area contributed by atoms with Crippen molar-refractivity contribution < 1.29 is 0 Å². The highest BCUT2D eigenvalue weighted by Gasteiger charge is 2.44. The van der Waals surface area contributed by atoms with E-state index in [4.69, 9.17) is 0 Å². The highest BCUT2D eigenvalue weighted by Crippen LogP contribution is 2.33. The molecule has 2 saturated heterocycles. The molecule has 2 aliphatic rings. The largest absolute Gasteiger partial charge is 0.285 e. The van der Waals surface area contributed by atoms with Crippen LogP contribution in [0.3, 0.4) is 0 Å². The van der Waals surface area contributed by atoms with E-state index in [9.17, 15) is 0 Å². The highest BCUT2D eigenvalue weighted by molar-refractivity contribution is 5.00. The van der Waals surface area contributed by atoms with Gasteiger partial charge in [0.05, 0.1) is 6.67 Å². The molecule has 3 atom stereocenters. The Hall–Kier alpha value is -0.0800. The lowest BCUT2D eigenvalue weighted by Crippen LogP contribution is -2.46. The van der Waals surface area contributed by atoms with Crippen molar-refractivity contribution in [2.24, 2.45) is 0 Å². The summed E-state index contributed by atoms with van der Waals surface area (Å²) in [6.07, 6.45) is 4.19. The van der Waals surface area contributed by atoms with E-state index in [1.165, 1.54) is 32.5 Å². The van der Waals surface area contributed by atoms with Crippen molar-refractivity contribution in [2.75, 3.05) is 13.2 Å². The zero-order valence-electron chi connectivity index (χ0n) is 10.1. The minimum Gasteiger partial charge on any atom is -0.285 e. The second-order valence-corrected chi connectivity index (χ2v) is 5.79. The number of nitrogens with zero attached hydrogens (tertiary/aromatic N) is 2. The lowest BCUT2D eigenvalue weighted by Gasteiger charge is -2.39. The predicted molar refractivity (Wildman–Crippen MR) is 60.3 cm³/mol. The first-order valence-corrected chi connectivity index (χ1v) is 6.01. The Kier molecular flexibility index (Phi) is 2.61. The van der Waals surface area contributed by atoms with Gasteiger partial charge in [-0.1, -0.05) is 6.42 Å². The summed E-state index contributed by atoms with van der Waals surface area (Å²) in [6, 6.07) is 1.57. The summed E-state index contributed by atoms with van der Waals surface area (Å²) < 4.78 is 0. The van der Waals surface area contributed by atoms with Gasteiger partial charge in [-0.05, 0) is 40.5 Å². The summed E-state index contributed by atoms with van der Waals surface area (Å²) in [4.78, 5) is 5.25. The number of piperidine rings is 1. The van der Waals surface area contributed by atoms with Crippen molar-refractivity contribution in [1.82, 2.24) is 9.80 Å². The molecular weight excluding hydrogens is 172 g/mol. The highest BCUT2D eigenvalue weighted by atomic mass is 15.4. The Labute approximate surface area is 88.3 Å². The SMILES string of the molecule is CC1CCCC(C)N1CN1CC1(C)C. The molecule has 0 radical (unpaired) electrons. The molecular formula is C12H24N2. The minimum absolute atomic E-state index is 0.483. The molecule has 0 bridgehead atoms. The molecule has 3 unspecified atom stereocenters.